The van der Waals surface area contributed by atoms with E-state index in [1.807, 2.05) is 0 Å². The molecular formula is C29H50O. The number of Topliss-reactive ketones (excluding diaryl/α,β-unsaturated/α-hetero) is 1. The smallest absolute Gasteiger partial charge is 0.136 e. The summed E-state index contributed by atoms with van der Waals surface area (Å²) in [7, 11) is 0. The van der Waals surface area contributed by atoms with Gasteiger partial charge in [-0.3, -0.25) is 4.79 Å². The Kier molecular flexibility index (Phi) is 6.26. The first-order valence-corrected chi connectivity index (χ1v) is 13.6. The van der Waals surface area contributed by atoms with Gasteiger partial charge in [-0.2, -0.15) is 0 Å². The molecule has 0 radical (unpaired) electrons. The fourth-order valence-electron chi connectivity index (χ4n) is 9.56. The van der Waals surface area contributed by atoms with Gasteiger partial charge in [-0.25, -0.2) is 0 Å². The van der Waals surface area contributed by atoms with Crippen LogP contribution in [0.5, 0.6) is 0 Å². The zero-order valence-electron chi connectivity index (χ0n) is 21.2. The van der Waals surface area contributed by atoms with Gasteiger partial charge < -0.3 is 0 Å². The number of fused-ring (bicyclic) bond motifs is 5. The summed E-state index contributed by atoms with van der Waals surface area (Å²) in [5.74, 6) is 7.84. The van der Waals surface area contributed by atoms with Crippen molar-refractivity contribution >= 4 is 5.78 Å². The molecule has 4 saturated carbocycles. The molecule has 0 aromatic heterocycles. The molecule has 4 rings (SSSR count). The lowest BCUT2D eigenvalue weighted by Gasteiger charge is -2.61. The second kappa shape index (κ2) is 8.22. The Morgan fingerprint density at radius 1 is 0.833 bits per heavy atom. The molecule has 0 aliphatic heterocycles. The number of rotatable bonds is 5. The van der Waals surface area contributed by atoms with Crippen LogP contribution in [0.2, 0.25) is 0 Å². The quantitative estimate of drug-likeness (QED) is 0.443. The highest BCUT2D eigenvalue weighted by atomic mass is 16.1. The third kappa shape index (κ3) is 3.53. The molecule has 0 heterocycles. The van der Waals surface area contributed by atoms with E-state index >= 15 is 0 Å². The molecule has 10 unspecified atom stereocenters. The van der Waals surface area contributed by atoms with E-state index in [0.29, 0.717) is 28.4 Å². The van der Waals surface area contributed by atoms with Crippen LogP contribution in [0, 0.1) is 64.1 Å². The molecule has 4 fully saturated rings. The van der Waals surface area contributed by atoms with Crippen LogP contribution in [0.4, 0.5) is 0 Å². The molecule has 0 bridgehead atoms. The average Bonchev–Trinajstić information content (AvgIpc) is 3.06. The third-order valence-corrected chi connectivity index (χ3v) is 11.9. The van der Waals surface area contributed by atoms with E-state index < -0.39 is 0 Å². The summed E-state index contributed by atoms with van der Waals surface area (Å²) in [5.41, 5.74) is 1.02. The highest BCUT2D eigenvalue weighted by Crippen LogP contribution is 2.68. The van der Waals surface area contributed by atoms with Crippen molar-refractivity contribution in [2.45, 2.75) is 113 Å². The normalized spacial score (nSPS) is 48.1. The lowest BCUT2D eigenvalue weighted by atomic mass is 9.43. The van der Waals surface area contributed by atoms with E-state index in [0.717, 1.165) is 47.8 Å². The molecular weight excluding hydrogens is 364 g/mol. The van der Waals surface area contributed by atoms with Gasteiger partial charge in [0.15, 0.2) is 0 Å². The van der Waals surface area contributed by atoms with Crippen molar-refractivity contribution in [3.63, 3.8) is 0 Å². The van der Waals surface area contributed by atoms with Crippen LogP contribution in [-0.4, -0.2) is 5.78 Å². The molecule has 0 N–H and O–H groups in total. The summed E-state index contributed by atoms with van der Waals surface area (Å²) in [6.07, 6.45) is 13.5. The number of ketones is 1. The molecule has 172 valence electrons. The third-order valence-electron chi connectivity index (χ3n) is 11.9. The molecule has 0 aromatic carbocycles. The van der Waals surface area contributed by atoms with Crippen LogP contribution < -0.4 is 0 Å². The summed E-state index contributed by atoms with van der Waals surface area (Å²) in [6, 6.07) is 0. The van der Waals surface area contributed by atoms with Gasteiger partial charge in [-0.1, -0.05) is 61.3 Å². The van der Waals surface area contributed by atoms with Crippen LogP contribution >= 0.6 is 0 Å². The lowest BCUT2D eigenvalue weighted by molar-refractivity contribution is -0.150. The molecule has 0 aromatic rings. The SMILES string of the molecule is CC(C)C(C)CCC(C)C1CCC2C3CCC4C(C)C(=O)CCC4(C)C3CCC12C. The van der Waals surface area contributed by atoms with Gasteiger partial charge in [0.1, 0.15) is 5.78 Å². The Bertz CT molecular complexity index is 636. The van der Waals surface area contributed by atoms with Crippen molar-refractivity contribution in [2.75, 3.05) is 0 Å². The average molecular weight is 415 g/mol. The van der Waals surface area contributed by atoms with Crippen LogP contribution in [0.3, 0.4) is 0 Å². The summed E-state index contributed by atoms with van der Waals surface area (Å²) in [5, 5.41) is 0. The van der Waals surface area contributed by atoms with Gasteiger partial charge in [0.05, 0.1) is 0 Å². The number of hydrogen-bond donors (Lipinski definition) is 0. The minimum absolute atomic E-state index is 0.317. The summed E-state index contributed by atoms with van der Waals surface area (Å²) >= 11 is 0. The van der Waals surface area contributed by atoms with Gasteiger partial charge >= 0.3 is 0 Å². The predicted octanol–water partition coefficient (Wildman–Crippen LogP) is 8.17. The van der Waals surface area contributed by atoms with Crippen molar-refractivity contribution in [1.82, 2.24) is 0 Å². The zero-order chi connectivity index (χ0) is 21.8. The molecule has 4 aliphatic carbocycles. The maximum Gasteiger partial charge on any atom is 0.136 e. The van der Waals surface area contributed by atoms with Gasteiger partial charge in [-0.15, -0.1) is 0 Å². The molecule has 0 saturated heterocycles. The molecule has 0 amide bonds. The maximum atomic E-state index is 12.5. The second-order valence-corrected chi connectivity index (χ2v) is 13.3. The van der Waals surface area contributed by atoms with E-state index in [9.17, 15) is 4.79 Å². The summed E-state index contributed by atoms with van der Waals surface area (Å²) in [6.45, 7) is 17.4. The predicted molar refractivity (Wildman–Crippen MR) is 127 cm³/mol. The monoisotopic (exact) mass is 414 g/mol. The van der Waals surface area contributed by atoms with Crippen LogP contribution in [0.15, 0.2) is 0 Å². The fourth-order valence-corrected chi connectivity index (χ4v) is 9.56. The number of carbonyl (C=O) groups excluding carboxylic acids is 1. The largest absolute Gasteiger partial charge is 0.299 e. The molecule has 4 aliphatic rings. The Morgan fingerprint density at radius 3 is 2.20 bits per heavy atom. The molecule has 30 heavy (non-hydrogen) atoms. The highest BCUT2D eigenvalue weighted by molar-refractivity contribution is 5.82. The van der Waals surface area contributed by atoms with Crippen molar-refractivity contribution in [1.29, 1.82) is 0 Å². The minimum atomic E-state index is 0.317. The molecule has 0 spiro atoms. The van der Waals surface area contributed by atoms with Crippen molar-refractivity contribution < 1.29 is 4.79 Å². The first-order valence-electron chi connectivity index (χ1n) is 13.6. The second-order valence-electron chi connectivity index (χ2n) is 13.3. The van der Waals surface area contributed by atoms with E-state index in [2.05, 4.69) is 48.5 Å². The number of hydrogen-bond acceptors (Lipinski definition) is 1. The Morgan fingerprint density at radius 2 is 1.50 bits per heavy atom. The van der Waals surface area contributed by atoms with E-state index in [-0.39, 0.29) is 0 Å². The summed E-state index contributed by atoms with van der Waals surface area (Å²) < 4.78 is 0. The Labute approximate surface area is 187 Å². The standard InChI is InChI=1S/C29H50O/c1-18(2)19(3)8-9-20(4)23-12-13-25-22-10-11-24-21(5)27(30)15-17-29(24,7)26(22)14-16-28(23,25)6/h18-26H,8-17H2,1-7H3. The van der Waals surface area contributed by atoms with Gasteiger partial charge in [0.2, 0.25) is 0 Å². The maximum absolute atomic E-state index is 12.5. The summed E-state index contributed by atoms with van der Waals surface area (Å²) in [4.78, 5) is 12.5. The lowest BCUT2D eigenvalue weighted by Crippen LogP contribution is -2.55. The molecule has 1 heteroatoms. The minimum Gasteiger partial charge on any atom is -0.299 e. The van der Waals surface area contributed by atoms with Crippen molar-refractivity contribution in [3.8, 4) is 0 Å². The van der Waals surface area contributed by atoms with Crippen molar-refractivity contribution in [3.05, 3.63) is 0 Å². The zero-order valence-corrected chi connectivity index (χ0v) is 21.2. The van der Waals surface area contributed by atoms with Gasteiger partial charge in [-0.05, 0) is 103 Å². The van der Waals surface area contributed by atoms with Crippen LogP contribution in [-0.2, 0) is 4.79 Å². The van der Waals surface area contributed by atoms with E-state index in [1.54, 1.807) is 0 Å². The van der Waals surface area contributed by atoms with Crippen LogP contribution in [0.1, 0.15) is 113 Å². The fraction of sp³-hybridized carbons (Fsp3) is 0.966. The first kappa shape index (κ1) is 22.8. The topological polar surface area (TPSA) is 17.1 Å². The van der Waals surface area contributed by atoms with Gasteiger partial charge in [0.25, 0.3) is 0 Å². The highest BCUT2D eigenvalue weighted by Gasteiger charge is 2.61. The number of carbonyl (C=O) groups is 1. The van der Waals surface area contributed by atoms with E-state index in [1.165, 1.54) is 57.8 Å². The Hall–Kier alpha value is -0.330. The molecule has 1 nitrogen and oxygen atoms in total. The van der Waals surface area contributed by atoms with Crippen LogP contribution in [0.25, 0.3) is 0 Å². The molecule has 10 atom stereocenters. The van der Waals surface area contributed by atoms with E-state index in [4.69, 9.17) is 0 Å². The van der Waals surface area contributed by atoms with Gasteiger partial charge in [0, 0.05) is 12.3 Å². The Balaban J connectivity index is 1.48. The van der Waals surface area contributed by atoms with Crippen molar-refractivity contribution in [2.24, 2.45) is 64.1 Å². The first-order chi connectivity index (χ1) is 14.1.